The molecule has 1 saturated heterocycles. The number of pyridine rings is 1. The van der Waals surface area contributed by atoms with Crippen molar-refractivity contribution in [2.24, 2.45) is 0 Å². The second-order valence-electron chi connectivity index (χ2n) is 9.47. The molecule has 0 aliphatic carbocycles. The van der Waals surface area contributed by atoms with Gasteiger partial charge >= 0.3 is 0 Å². The second kappa shape index (κ2) is 10.3. The molecule has 2 N–H and O–H groups in total. The van der Waals surface area contributed by atoms with E-state index in [1.54, 1.807) is 12.3 Å². The number of piperazine rings is 1. The zero-order chi connectivity index (χ0) is 26.1. The van der Waals surface area contributed by atoms with Crippen molar-refractivity contribution in [3.05, 3.63) is 100 Å². The van der Waals surface area contributed by atoms with Crippen LogP contribution in [0.2, 0.25) is 5.02 Å². The highest BCUT2D eigenvalue weighted by Crippen LogP contribution is 2.33. The molecule has 1 fully saturated rings. The number of halogens is 1. The number of likely N-dealkylation sites (N-methyl/N-ethyl adjacent to an activating group) is 1. The number of nitrogens with one attached hydrogen (secondary N) is 2. The molecule has 2 aromatic heterocycles. The average molecular weight is 523 g/mol. The maximum atomic E-state index is 13.8. The van der Waals surface area contributed by atoms with E-state index in [2.05, 4.69) is 49.2 Å². The van der Waals surface area contributed by atoms with E-state index >= 15 is 0 Å². The standard InChI is InChI=1S/C30H27ClN6O/c1-36-15-17-37(18-16-36)22-13-11-21(12-14-22)33-30-32-19-24-28(38)26(23-9-5-6-10-25(23)31)27(34-29(24)35-30)20-7-3-2-4-8-20/h2-14,19H,15-18H2,1H3,(H2,32,33,34,35,38). The Balaban J connectivity index is 1.36. The third-order valence-electron chi connectivity index (χ3n) is 6.95. The first-order chi connectivity index (χ1) is 18.6. The minimum absolute atomic E-state index is 0.172. The van der Waals surface area contributed by atoms with Gasteiger partial charge in [-0.15, -0.1) is 0 Å². The summed E-state index contributed by atoms with van der Waals surface area (Å²) in [5.41, 5.74) is 5.06. The lowest BCUT2D eigenvalue weighted by atomic mass is 9.98. The summed E-state index contributed by atoms with van der Waals surface area (Å²) in [5, 5.41) is 4.18. The van der Waals surface area contributed by atoms with Gasteiger partial charge in [-0.3, -0.25) is 4.79 Å². The highest BCUT2D eigenvalue weighted by Gasteiger charge is 2.19. The minimum Gasteiger partial charge on any atom is -0.369 e. The number of rotatable bonds is 5. The van der Waals surface area contributed by atoms with Crippen molar-refractivity contribution in [2.75, 3.05) is 43.4 Å². The van der Waals surface area contributed by atoms with Crippen LogP contribution in [0.25, 0.3) is 33.4 Å². The summed E-state index contributed by atoms with van der Waals surface area (Å²) in [4.78, 5) is 31.0. The van der Waals surface area contributed by atoms with Crippen molar-refractivity contribution in [2.45, 2.75) is 0 Å². The van der Waals surface area contributed by atoms with Gasteiger partial charge in [0.1, 0.15) is 5.65 Å². The van der Waals surface area contributed by atoms with Gasteiger partial charge in [-0.05, 0) is 42.9 Å². The van der Waals surface area contributed by atoms with E-state index in [0.717, 1.165) is 37.4 Å². The molecular formula is C30H27ClN6O. The molecule has 0 bridgehead atoms. The molecule has 190 valence electrons. The Morgan fingerprint density at radius 1 is 0.895 bits per heavy atom. The summed E-state index contributed by atoms with van der Waals surface area (Å²) in [6, 6.07) is 25.4. The summed E-state index contributed by atoms with van der Waals surface area (Å²) in [5.74, 6) is 0.407. The Hall–Kier alpha value is -4.20. The third kappa shape index (κ3) is 4.74. The SMILES string of the molecule is CN1CCN(c2ccc(Nc3ncc4c(=O)c(-c5ccccc5Cl)c(-c5ccccc5)[nH]c4n3)cc2)CC1. The fourth-order valence-electron chi connectivity index (χ4n) is 4.82. The molecule has 0 unspecified atom stereocenters. The fourth-order valence-corrected chi connectivity index (χ4v) is 5.05. The van der Waals surface area contributed by atoms with Crippen LogP contribution in [0.5, 0.6) is 0 Å². The Morgan fingerprint density at radius 2 is 1.61 bits per heavy atom. The molecule has 8 heteroatoms. The van der Waals surface area contributed by atoms with Gasteiger partial charge in [0.2, 0.25) is 11.4 Å². The largest absolute Gasteiger partial charge is 0.369 e. The Bertz CT molecular complexity index is 1640. The molecule has 0 atom stereocenters. The zero-order valence-electron chi connectivity index (χ0n) is 21.0. The van der Waals surface area contributed by atoms with Crippen LogP contribution in [0, 0.1) is 0 Å². The van der Waals surface area contributed by atoms with Crippen molar-refractivity contribution in [3.63, 3.8) is 0 Å². The molecule has 0 spiro atoms. The van der Waals surface area contributed by atoms with Gasteiger partial charge in [0.05, 0.1) is 16.6 Å². The van der Waals surface area contributed by atoms with E-state index in [9.17, 15) is 4.79 Å². The molecule has 0 saturated carbocycles. The lowest BCUT2D eigenvalue weighted by Crippen LogP contribution is -2.44. The zero-order valence-corrected chi connectivity index (χ0v) is 21.7. The van der Waals surface area contributed by atoms with E-state index in [1.165, 1.54) is 5.69 Å². The quantitative estimate of drug-likeness (QED) is 0.304. The minimum atomic E-state index is -0.172. The second-order valence-corrected chi connectivity index (χ2v) is 9.88. The van der Waals surface area contributed by atoms with Crippen LogP contribution in [0.3, 0.4) is 0 Å². The smallest absolute Gasteiger partial charge is 0.229 e. The number of aromatic amines is 1. The lowest BCUT2D eigenvalue weighted by molar-refractivity contribution is 0.313. The van der Waals surface area contributed by atoms with Crippen molar-refractivity contribution >= 4 is 40.0 Å². The number of hydrogen-bond donors (Lipinski definition) is 2. The Kier molecular flexibility index (Phi) is 6.54. The van der Waals surface area contributed by atoms with Crippen LogP contribution in [0.1, 0.15) is 0 Å². The van der Waals surface area contributed by atoms with Crippen molar-refractivity contribution in [1.82, 2.24) is 19.9 Å². The number of hydrogen-bond acceptors (Lipinski definition) is 6. The first-order valence-electron chi connectivity index (χ1n) is 12.6. The molecule has 38 heavy (non-hydrogen) atoms. The maximum absolute atomic E-state index is 13.8. The van der Waals surface area contributed by atoms with Crippen LogP contribution in [-0.2, 0) is 0 Å². The van der Waals surface area contributed by atoms with Gasteiger partial charge in [-0.25, -0.2) is 4.98 Å². The van der Waals surface area contributed by atoms with Crippen LogP contribution in [0.4, 0.5) is 17.3 Å². The lowest BCUT2D eigenvalue weighted by Gasteiger charge is -2.34. The predicted octanol–water partition coefficient (Wildman–Crippen LogP) is 5.80. The average Bonchev–Trinajstić information content (AvgIpc) is 2.95. The molecule has 3 heterocycles. The molecule has 6 rings (SSSR count). The van der Waals surface area contributed by atoms with E-state index < -0.39 is 0 Å². The van der Waals surface area contributed by atoms with E-state index in [4.69, 9.17) is 11.6 Å². The summed E-state index contributed by atoms with van der Waals surface area (Å²) in [6.07, 6.45) is 1.57. The molecule has 0 radical (unpaired) electrons. The summed E-state index contributed by atoms with van der Waals surface area (Å²) < 4.78 is 0. The molecular weight excluding hydrogens is 496 g/mol. The summed E-state index contributed by atoms with van der Waals surface area (Å²) in [7, 11) is 2.15. The van der Waals surface area contributed by atoms with E-state index in [-0.39, 0.29) is 5.43 Å². The molecule has 5 aromatic rings. The van der Waals surface area contributed by atoms with Crippen LogP contribution in [0.15, 0.2) is 89.9 Å². The normalized spacial score (nSPS) is 14.1. The summed E-state index contributed by atoms with van der Waals surface area (Å²) >= 11 is 6.52. The number of anilines is 3. The molecule has 1 aliphatic heterocycles. The first kappa shape index (κ1) is 24.2. The molecule has 0 amide bonds. The van der Waals surface area contributed by atoms with Gasteiger partial charge in [0.25, 0.3) is 0 Å². The number of benzene rings is 3. The van der Waals surface area contributed by atoms with E-state index in [1.807, 2.05) is 60.7 Å². The highest BCUT2D eigenvalue weighted by molar-refractivity contribution is 6.33. The van der Waals surface area contributed by atoms with Crippen molar-refractivity contribution in [3.8, 4) is 22.4 Å². The number of fused-ring (bicyclic) bond motifs is 1. The van der Waals surface area contributed by atoms with Gasteiger partial charge in [-0.2, -0.15) is 4.98 Å². The fraction of sp³-hybridized carbons (Fsp3) is 0.167. The molecule has 3 aromatic carbocycles. The van der Waals surface area contributed by atoms with Gasteiger partial charge in [0.15, 0.2) is 0 Å². The van der Waals surface area contributed by atoms with Crippen molar-refractivity contribution < 1.29 is 0 Å². The number of nitrogens with zero attached hydrogens (tertiary/aromatic N) is 4. The van der Waals surface area contributed by atoms with Crippen LogP contribution in [-0.4, -0.2) is 53.1 Å². The molecule has 7 nitrogen and oxygen atoms in total. The van der Waals surface area contributed by atoms with Gasteiger partial charge in [0, 0.05) is 54.3 Å². The Labute approximate surface area is 225 Å². The monoisotopic (exact) mass is 522 g/mol. The summed E-state index contributed by atoms with van der Waals surface area (Å²) in [6.45, 7) is 4.16. The highest BCUT2D eigenvalue weighted by atomic mass is 35.5. The molecule has 1 aliphatic rings. The third-order valence-corrected chi connectivity index (χ3v) is 7.28. The van der Waals surface area contributed by atoms with Gasteiger partial charge < -0.3 is 20.1 Å². The topological polar surface area (TPSA) is 77.1 Å². The predicted molar refractivity (Wildman–Crippen MR) is 155 cm³/mol. The van der Waals surface area contributed by atoms with Crippen molar-refractivity contribution in [1.29, 1.82) is 0 Å². The van der Waals surface area contributed by atoms with Crippen LogP contribution >= 0.6 is 11.6 Å². The maximum Gasteiger partial charge on any atom is 0.229 e. The van der Waals surface area contributed by atoms with Gasteiger partial charge in [-0.1, -0.05) is 60.1 Å². The Morgan fingerprint density at radius 3 is 2.34 bits per heavy atom. The number of aromatic nitrogens is 3. The van der Waals surface area contributed by atoms with E-state index in [0.29, 0.717) is 38.8 Å². The first-order valence-corrected chi connectivity index (χ1v) is 13.0. The van der Waals surface area contributed by atoms with Crippen LogP contribution < -0.4 is 15.6 Å². The number of H-pyrrole nitrogens is 1.